The van der Waals surface area contributed by atoms with Gasteiger partial charge < -0.3 is 20.5 Å². The first kappa shape index (κ1) is 26.4. The SMILES string of the molecule is C=C1C=COc2ccc(-c3ccc(-c4cnn5c(N)c(C(C)=O)c(C6CCN(C(=O)[C@@H](C)O)CC6)nc45)cn3)cc21. The number of ether oxygens (including phenoxy) is 1. The fourth-order valence-electron chi connectivity index (χ4n) is 5.58. The zero-order valence-electron chi connectivity index (χ0n) is 22.9. The second kappa shape index (κ2) is 10.3. The minimum atomic E-state index is -1.04. The van der Waals surface area contributed by atoms with E-state index in [0.717, 1.165) is 39.3 Å². The van der Waals surface area contributed by atoms with Gasteiger partial charge in [-0.05, 0) is 62.6 Å². The number of fused-ring (bicyclic) bond motifs is 2. The number of piperidine rings is 1. The van der Waals surface area contributed by atoms with Crippen molar-refractivity contribution >= 4 is 28.7 Å². The van der Waals surface area contributed by atoms with Gasteiger partial charge in [-0.25, -0.2) is 4.98 Å². The average Bonchev–Trinajstić information content (AvgIpc) is 3.41. The standard InChI is InChI=1S/C31H30N6O4/c1-17-10-13-41-26-7-5-21(14-23(17)26)25-6-4-22(15-33-25)24-16-34-37-29(32)27(18(2)38)28(35-30(24)37)20-8-11-36(12-9-20)31(40)19(3)39/h4-7,10,13-16,19-20,39H,1,8-9,11-12,32H2,2-3H3/t19-/m1/s1. The van der Waals surface area contributed by atoms with Crippen LogP contribution in [0.25, 0.3) is 33.6 Å². The fourth-order valence-corrected chi connectivity index (χ4v) is 5.58. The lowest BCUT2D eigenvalue weighted by atomic mass is 9.89. The van der Waals surface area contributed by atoms with E-state index in [4.69, 9.17) is 20.4 Å². The van der Waals surface area contributed by atoms with Crippen molar-refractivity contribution in [3.8, 4) is 28.1 Å². The maximum atomic E-state index is 12.7. The number of nitrogen functional groups attached to an aromatic ring is 1. The number of anilines is 1. The second-order valence-electron chi connectivity index (χ2n) is 10.5. The van der Waals surface area contributed by atoms with Crippen LogP contribution < -0.4 is 10.5 Å². The Balaban J connectivity index is 1.34. The van der Waals surface area contributed by atoms with Gasteiger partial charge in [0.1, 0.15) is 17.7 Å². The number of aliphatic hydroxyl groups is 1. The summed E-state index contributed by atoms with van der Waals surface area (Å²) >= 11 is 0. The Hall–Kier alpha value is -4.83. The van der Waals surface area contributed by atoms with Crippen LogP contribution >= 0.6 is 0 Å². The van der Waals surface area contributed by atoms with Crippen molar-refractivity contribution < 1.29 is 19.4 Å². The summed E-state index contributed by atoms with van der Waals surface area (Å²) in [5.74, 6) is 0.444. The minimum Gasteiger partial charge on any atom is -0.464 e. The zero-order valence-corrected chi connectivity index (χ0v) is 22.9. The van der Waals surface area contributed by atoms with E-state index < -0.39 is 6.10 Å². The van der Waals surface area contributed by atoms with Crippen LogP contribution in [0.1, 0.15) is 54.2 Å². The summed E-state index contributed by atoms with van der Waals surface area (Å²) in [6, 6.07) is 9.77. The predicted molar refractivity (Wildman–Crippen MR) is 155 cm³/mol. The van der Waals surface area contributed by atoms with Crippen molar-refractivity contribution in [2.45, 2.75) is 38.7 Å². The molecule has 2 aliphatic rings. The molecule has 10 nitrogen and oxygen atoms in total. The Morgan fingerprint density at radius 1 is 1.12 bits per heavy atom. The van der Waals surface area contributed by atoms with Crippen LogP contribution in [-0.2, 0) is 4.79 Å². The van der Waals surface area contributed by atoms with E-state index >= 15 is 0 Å². The molecule has 1 saturated heterocycles. The number of aromatic nitrogens is 4. The third-order valence-electron chi connectivity index (χ3n) is 7.77. The molecule has 0 saturated carbocycles. The van der Waals surface area contributed by atoms with E-state index in [9.17, 15) is 14.7 Å². The maximum Gasteiger partial charge on any atom is 0.251 e. The monoisotopic (exact) mass is 550 g/mol. The summed E-state index contributed by atoms with van der Waals surface area (Å²) in [5, 5.41) is 14.1. The number of allylic oxidation sites excluding steroid dienone is 2. The summed E-state index contributed by atoms with van der Waals surface area (Å²) in [7, 11) is 0. The Bertz CT molecular complexity index is 1730. The fraction of sp³-hybridized carbons (Fsp3) is 0.258. The highest BCUT2D eigenvalue weighted by Crippen LogP contribution is 2.36. The molecule has 2 aliphatic heterocycles. The molecule has 10 heteroatoms. The Morgan fingerprint density at radius 2 is 1.88 bits per heavy atom. The molecule has 0 aliphatic carbocycles. The first-order chi connectivity index (χ1) is 19.7. The van der Waals surface area contributed by atoms with Crippen LogP contribution in [0, 0.1) is 0 Å². The molecule has 3 aromatic heterocycles. The van der Waals surface area contributed by atoms with Crippen molar-refractivity contribution in [3.05, 3.63) is 78.5 Å². The molecule has 3 N–H and O–H groups in total. The number of hydrogen-bond donors (Lipinski definition) is 2. The Kier molecular flexibility index (Phi) is 6.63. The predicted octanol–water partition coefficient (Wildman–Crippen LogP) is 4.25. The van der Waals surface area contributed by atoms with Gasteiger partial charge in [0.15, 0.2) is 11.4 Å². The van der Waals surface area contributed by atoms with Gasteiger partial charge in [-0.2, -0.15) is 9.61 Å². The number of likely N-dealkylation sites (tertiary alicyclic amines) is 1. The molecular formula is C31H30N6O4. The van der Waals surface area contributed by atoms with E-state index in [1.807, 2.05) is 36.4 Å². The highest BCUT2D eigenvalue weighted by atomic mass is 16.5. The molecule has 41 heavy (non-hydrogen) atoms. The molecule has 0 radical (unpaired) electrons. The number of rotatable bonds is 5. The van der Waals surface area contributed by atoms with Crippen molar-refractivity contribution in [2.75, 3.05) is 18.8 Å². The first-order valence-electron chi connectivity index (χ1n) is 13.5. The summed E-state index contributed by atoms with van der Waals surface area (Å²) in [6.07, 6.45) is 7.08. The molecule has 1 fully saturated rings. The summed E-state index contributed by atoms with van der Waals surface area (Å²) < 4.78 is 7.07. The molecule has 6 rings (SSSR count). The smallest absolute Gasteiger partial charge is 0.251 e. The average molecular weight is 551 g/mol. The number of amides is 1. The van der Waals surface area contributed by atoms with Gasteiger partial charge in [0.25, 0.3) is 5.91 Å². The van der Waals surface area contributed by atoms with Gasteiger partial charge in [-0.3, -0.25) is 14.6 Å². The summed E-state index contributed by atoms with van der Waals surface area (Å²) in [4.78, 5) is 36.3. The molecule has 1 amide bonds. The number of aliphatic hydroxyl groups excluding tert-OH is 1. The number of hydrogen-bond acceptors (Lipinski definition) is 8. The summed E-state index contributed by atoms with van der Waals surface area (Å²) in [5.41, 5.74) is 13.1. The molecule has 5 heterocycles. The molecule has 0 bridgehead atoms. The van der Waals surface area contributed by atoms with Crippen LogP contribution in [0.5, 0.6) is 5.75 Å². The number of nitrogens with zero attached hydrogens (tertiary/aromatic N) is 5. The van der Waals surface area contributed by atoms with E-state index in [0.29, 0.717) is 42.8 Å². The third kappa shape index (κ3) is 4.66. The van der Waals surface area contributed by atoms with E-state index in [1.54, 1.807) is 23.6 Å². The number of nitrogens with two attached hydrogens (primary N) is 1. The van der Waals surface area contributed by atoms with Crippen LogP contribution in [0.3, 0.4) is 0 Å². The molecular weight excluding hydrogens is 520 g/mol. The van der Waals surface area contributed by atoms with Gasteiger partial charge in [0.05, 0.1) is 29.4 Å². The maximum absolute atomic E-state index is 12.7. The quantitative estimate of drug-likeness (QED) is 0.352. The van der Waals surface area contributed by atoms with E-state index in [1.165, 1.54) is 18.4 Å². The topological polar surface area (TPSA) is 136 Å². The van der Waals surface area contributed by atoms with Crippen molar-refractivity contribution in [1.82, 2.24) is 24.5 Å². The van der Waals surface area contributed by atoms with Crippen molar-refractivity contribution in [1.29, 1.82) is 0 Å². The molecule has 208 valence electrons. The summed E-state index contributed by atoms with van der Waals surface area (Å²) in [6.45, 7) is 7.96. The number of pyridine rings is 1. The number of carbonyl (C=O) groups excluding carboxylic acids is 2. The van der Waals surface area contributed by atoms with Crippen molar-refractivity contribution in [2.24, 2.45) is 0 Å². The van der Waals surface area contributed by atoms with Gasteiger partial charge in [-0.1, -0.05) is 12.6 Å². The van der Waals surface area contributed by atoms with Crippen LogP contribution in [0.2, 0.25) is 0 Å². The van der Waals surface area contributed by atoms with Crippen LogP contribution in [0.15, 0.2) is 61.6 Å². The Morgan fingerprint density at radius 3 is 2.56 bits per heavy atom. The lowest BCUT2D eigenvalue weighted by Crippen LogP contribution is -2.42. The Labute approximate surface area is 236 Å². The first-order valence-corrected chi connectivity index (χ1v) is 13.5. The molecule has 1 aromatic carbocycles. The molecule has 0 unspecified atom stereocenters. The second-order valence-corrected chi connectivity index (χ2v) is 10.5. The normalized spacial score (nSPS) is 16.0. The molecule has 4 aromatic rings. The highest BCUT2D eigenvalue weighted by Gasteiger charge is 2.31. The van der Waals surface area contributed by atoms with Crippen LogP contribution in [0.4, 0.5) is 5.82 Å². The molecule has 0 spiro atoms. The van der Waals surface area contributed by atoms with E-state index in [2.05, 4.69) is 11.7 Å². The largest absolute Gasteiger partial charge is 0.464 e. The number of ketones is 1. The van der Waals surface area contributed by atoms with Gasteiger partial charge >= 0.3 is 0 Å². The van der Waals surface area contributed by atoms with Gasteiger partial charge in [-0.15, -0.1) is 0 Å². The van der Waals surface area contributed by atoms with E-state index in [-0.39, 0.29) is 23.4 Å². The number of benzene rings is 1. The molecule has 1 atom stereocenters. The lowest BCUT2D eigenvalue weighted by Gasteiger charge is -2.33. The minimum absolute atomic E-state index is 0.0694. The lowest BCUT2D eigenvalue weighted by molar-refractivity contribution is -0.140. The zero-order chi connectivity index (χ0) is 28.8. The van der Waals surface area contributed by atoms with Gasteiger partial charge in [0, 0.05) is 47.5 Å². The van der Waals surface area contributed by atoms with Crippen molar-refractivity contribution in [3.63, 3.8) is 0 Å². The highest BCUT2D eigenvalue weighted by molar-refractivity contribution is 6.00. The van der Waals surface area contributed by atoms with Gasteiger partial charge in [0.2, 0.25) is 0 Å². The number of Topliss-reactive ketones (excluding diaryl/α,β-unsaturated/α-hetero) is 1. The third-order valence-corrected chi connectivity index (χ3v) is 7.77. The number of carbonyl (C=O) groups is 2. The van der Waals surface area contributed by atoms with Crippen LogP contribution in [-0.4, -0.2) is 60.5 Å².